The molecule has 1 nitrogen and oxygen atoms in total. The normalized spacial score (nSPS) is 45.3. The van der Waals surface area contributed by atoms with Gasteiger partial charge < -0.3 is 4.79 Å². The van der Waals surface area contributed by atoms with Gasteiger partial charge in [-0.1, -0.05) is 13.3 Å². The van der Waals surface area contributed by atoms with Gasteiger partial charge in [0.1, 0.15) is 6.29 Å². The van der Waals surface area contributed by atoms with Gasteiger partial charge in [0.05, 0.1) is 0 Å². The summed E-state index contributed by atoms with van der Waals surface area (Å²) in [6.07, 6.45) is 6.25. The molecule has 74 valence electrons. The lowest BCUT2D eigenvalue weighted by molar-refractivity contribution is -0.120. The van der Waals surface area contributed by atoms with Gasteiger partial charge in [-0.2, -0.15) is 11.8 Å². The van der Waals surface area contributed by atoms with Crippen molar-refractivity contribution in [3.8, 4) is 0 Å². The fraction of sp³-hybridized carbons (Fsp3) is 0.909. The highest BCUT2D eigenvalue weighted by atomic mass is 32.2. The number of aldehydes is 1. The minimum absolute atomic E-state index is 0.0729. The molecule has 13 heavy (non-hydrogen) atoms. The third kappa shape index (κ3) is 1.43. The van der Waals surface area contributed by atoms with Crippen LogP contribution < -0.4 is 0 Å². The molecule has 1 aliphatic heterocycles. The highest BCUT2D eigenvalue weighted by Crippen LogP contribution is 2.51. The smallest absolute Gasteiger partial charge is 0.126 e. The minimum atomic E-state index is 0.0729. The van der Waals surface area contributed by atoms with Crippen LogP contribution in [0.5, 0.6) is 0 Å². The zero-order chi connectivity index (χ0) is 9.31. The van der Waals surface area contributed by atoms with Crippen LogP contribution in [0.15, 0.2) is 0 Å². The monoisotopic (exact) mass is 198 g/mol. The van der Waals surface area contributed by atoms with Gasteiger partial charge in [-0.15, -0.1) is 0 Å². The molecule has 1 saturated heterocycles. The molecule has 0 amide bonds. The van der Waals surface area contributed by atoms with E-state index >= 15 is 0 Å². The van der Waals surface area contributed by atoms with Crippen LogP contribution in [0.3, 0.4) is 0 Å². The zero-order valence-electron chi connectivity index (χ0n) is 8.29. The molecular formula is C11H18OS. The van der Waals surface area contributed by atoms with Crippen LogP contribution in [0.4, 0.5) is 0 Å². The second kappa shape index (κ2) is 3.64. The first-order chi connectivity index (χ1) is 6.29. The lowest BCUT2D eigenvalue weighted by Crippen LogP contribution is -2.34. The third-order valence-corrected chi connectivity index (χ3v) is 5.24. The highest BCUT2D eigenvalue weighted by molar-refractivity contribution is 7.99. The van der Waals surface area contributed by atoms with Crippen molar-refractivity contribution in [2.45, 2.75) is 32.6 Å². The minimum Gasteiger partial charge on any atom is -0.303 e. The van der Waals surface area contributed by atoms with E-state index in [1.807, 2.05) is 11.8 Å². The summed E-state index contributed by atoms with van der Waals surface area (Å²) in [5.41, 5.74) is 0.0729. The molecule has 0 bridgehead atoms. The maximum atomic E-state index is 11.3. The fourth-order valence-corrected chi connectivity index (χ4v) is 4.45. The second-order valence-electron chi connectivity index (χ2n) is 4.58. The van der Waals surface area contributed by atoms with E-state index in [0.717, 1.165) is 6.42 Å². The quantitative estimate of drug-likeness (QED) is 0.635. The third-order valence-electron chi connectivity index (χ3n) is 4.07. The molecule has 0 radical (unpaired) electrons. The summed E-state index contributed by atoms with van der Waals surface area (Å²) in [4.78, 5) is 11.3. The zero-order valence-corrected chi connectivity index (χ0v) is 9.11. The molecule has 1 heterocycles. The van der Waals surface area contributed by atoms with E-state index in [-0.39, 0.29) is 5.41 Å². The molecule has 2 heteroatoms. The van der Waals surface area contributed by atoms with E-state index in [0.29, 0.717) is 11.8 Å². The molecule has 1 saturated carbocycles. The Labute approximate surface area is 84.7 Å². The molecule has 1 aliphatic carbocycles. The van der Waals surface area contributed by atoms with Crippen LogP contribution in [0.1, 0.15) is 32.6 Å². The van der Waals surface area contributed by atoms with Crippen molar-refractivity contribution < 1.29 is 4.79 Å². The summed E-state index contributed by atoms with van der Waals surface area (Å²) < 4.78 is 0. The number of carbonyl (C=O) groups is 1. The number of rotatable bonds is 2. The molecule has 2 rings (SSSR count). The lowest BCUT2D eigenvalue weighted by atomic mass is 9.69. The molecular weight excluding hydrogens is 180 g/mol. The number of hydrogen-bond donors (Lipinski definition) is 0. The van der Waals surface area contributed by atoms with Gasteiger partial charge in [0.25, 0.3) is 0 Å². The van der Waals surface area contributed by atoms with Crippen molar-refractivity contribution in [2.24, 2.45) is 17.3 Å². The average Bonchev–Trinajstić information content (AvgIpc) is 2.73. The molecule has 3 unspecified atom stereocenters. The maximum Gasteiger partial charge on any atom is 0.126 e. The van der Waals surface area contributed by atoms with Crippen LogP contribution >= 0.6 is 11.8 Å². The van der Waals surface area contributed by atoms with Crippen LogP contribution in [0.25, 0.3) is 0 Å². The molecule has 2 aliphatic rings. The van der Waals surface area contributed by atoms with E-state index in [2.05, 4.69) is 6.92 Å². The summed E-state index contributed by atoms with van der Waals surface area (Å²) in [6, 6.07) is 0. The Morgan fingerprint density at radius 1 is 1.46 bits per heavy atom. The predicted octanol–water partition coefficient (Wildman–Crippen LogP) is 2.74. The number of hydrogen-bond acceptors (Lipinski definition) is 2. The van der Waals surface area contributed by atoms with Crippen LogP contribution in [0.2, 0.25) is 0 Å². The topological polar surface area (TPSA) is 17.1 Å². The van der Waals surface area contributed by atoms with Crippen molar-refractivity contribution >= 4 is 18.0 Å². The van der Waals surface area contributed by atoms with Gasteiger partial charge in [0.15, 0.2) is 0 Å². The predicted molar refractivity (Wildman–Crippen MR) is 56.9 cm³/mol. The van der Waals surface area contributed by atoms with Crippen LogP contribution in [-0.2, 0) is 4.79 Å². The summed E-state index contributed by atoms with van der Waals surface area (Å²) in [7, 11) is 0. The van der Waals surface area contributed by atoms with Crippen molar-refractivity contribution in [1.29, 1.82) is 0 Å². The Morgan fingerprint density at radius 2 is 2.31 bits per heavy atom. The Kier molecular flexibility index (Phi) is 2.68. The van der Waals surface area contributed by atoms with E-state index in [4.69, 9.17) is 0 Å². The summed E-state index contributed by atoms with van der Waals surface area (Å²) in [5.74, 6) is 3.82. The highest BCUT2D eigenvalue weighted by Gasteiger charge is 2.47. The first-order valence-corrected chi connectivity index (χ1v) is 6.49. The van der Waals surface area contributed by atoms with Crippen molar-refractivity contribution in [3.05, 3.63) is 0 Å². The Morgan fingerprint density at radius 3 is 2.77 bits per heavy atom. The first kappa shape index (κ1) is 9.57. The van der Waals surface area contributed by atoms with Crippen molar-refractivity contribution in [1.82, 2.24) is 0 Å². The Bertz CT molecular complexity index is 198. The Hall–Kier alpha value is 0.0200. The van der Waals surface area contributed by atoms with E-state index in [9.17, 15) is 4.79 Å². The van der Waals surface area contributed by atoms with Gasteiger partial charge in [-0.05, 0) is 42.6 Å². The second-order valence-corrected chi connectivity index (χ2v) is 5.73. The first-order valence-electron chi connectivity index (χ1n) is 5.33. The largest absolute Gasteiger partial charge is 0.303 e. The number of thioether (sulfide) groups is 1. The summed E-state index contributed by atoms with van der Waals surface area (Å²) in [6.45, 7) is 2.27. The van der Waals surface area contributed by atoms with Gasteiger partial charge in [-0.25, -0.2) is 0 Å². The van der Waals surface area contributed by atoms with Crippen molar-refractivity contribution in [3.63, 3.8) is 0 Å². The van der Waals surface area contributed by atoms with Gasteiger partial charge in [0.2, 0.25) is 0 Å². The van der Waals surface area contributed by atoms with E-state index < -0.39 is 0 Å². The summed E-state index contributed by atoms with van der Waals surface area (Å²) in [5, 5.41) is 0. The lowest BCUT2D eigenvalue weighted by Gasteiger charge is -2.33. The summed E-state index contributed by atoms with van der Waals surface area (Å²) >= 11 is 2.03. The molecule has 3 atom stereocenters. The molecule has 2 fully saturated rings. The van der Waals surface area contributed by atoms with Gasteiger partial charge in [0, 0.05) is 5.41 Å². The standard InChI is InChI=1S/C11H18OS/c1-9-3-2-5-11(9,8-12)10-4-6-13-7-10/h8-10H,2-7H2,1H3. The molecule has 0 spiro atoms. The van der Waals surface area contributed by atoms with Crippen LogP contribution in [-0.4, -0.2) is 17.8 Å². The average molecular weight is 198 g/mol. The maximum absolute atomic E-state index is 11.3. The van der Waals surface area contributed by atoms with E-state index in [1.165, 1.54) is 37.1 Å². The molecule has 0 aromatic rings. The molecule has 0 aromatic carbocycles. The van der Waals surface area contributed by atoms with Gasteiger partial charge in [-0.3, -0.25) is 0 Å². The SMILES string of the molecule is CC1CCCC1(C=O)C1CCSC1. The fourth-order valence-electron chi connectivity index (χ4n) is 3.07. The van der Waals surface area contributed by atoms with Crippen molar-refractivity contribution in [2.75, 3.05) is 11.5 Å². The Balaban J connectivity index is 2.17. The van der Waals surface area contributed by atoms with E-state index in [1.54, 1.807) is 0 Å². The van der Waals surface area contributed by atoms with Crippen LogP contribution in [0, 0.1) is 17.3 Å². The molecule has 0 aromatic heterocycles. The molecule has 0 N–H and O–H groups in total. The van der Waals surface area contributed by atoms with Gasteiger partial charge >= 0.3 is 0 Å². The number of carbonyl (C=O) groups excluding carboxylic acids is 1.